The first-order chi connectivity index (χ1) is 16.9. The van der Waals surface area contributed by atoms with Crippen LogP contribution in [0.2, 0.25) is 5.02 Å². The molecule has 1 heterocycles. The Bertz CT molecular complexity index is 1440. The topological polar surface area (TPSA) is 109 Å². The lowest BCUT2D eigenvalue weighted by Gasteiger charge is -2.13. The molecule has 1 aromatic heterocycles. The quantitative estimate of drug-likeness (QED) is 0.153. The van der Waals surface area contributed by atoms with E-state index < -0.39 is 10.0 Å². The number of aromatic nitrogens is 1. The van der Waals surface area contributed by atoms with Crippen molar-refractivity contribution in [2.45, 2.75) is 18.4 Å². The molecule has 0 saturated carbocycles. The summed E-state index contributed by atoms with van der Waals surface area (Å²) in [5, 5.41) is 0.649. The van der Waals surface area contributed by atoms with Crippen molar-refractivity contribution >= 4 is 27.6 Å². The van der Waals surface area contributed by atoms with Gasteiger partial charge in [-0.05, 0) is 48.4 Å². The number of benzene rings is 3. The number of hydrogen-bond donors (Lipinski definition) is 3. The lowest BCUT2D eigenvalue weighted by molar-refractivity contribution is 0.591. The van der Waals surface area contributed by atoms with E-state index in [1.54, 1.807) is 24.4 Å². The third kappa shape index (κ3) is 6.05. The van der Waals surface area contributed by atoms with E-state index in [0.717, 1.165) is 33.5 Å². The van der Waals surface area contributed by atoms with Gasteiger partial charge in [-0.25, -0.2) is 24.0 Å². The van der Waals surface area contributed by atoms with Crippen LogP contribution in [0.25, 0.3) is 22.4 Å². The fourth-order valence-electron chi connectivity index (χ4n) is 3.45. The maximum atomic E-state index is 12.6. The van der Waals surface area contributed by atoms with Gasteiger partial charge >= 0.3 is 0 Å². The summed E-state index contributed by atoms with van der Waals surface area (Å²) in [6.45, 7) is 2.19. The van der Waals surface area contributed by atoms with Gasteiger partial charge in [0.25, 0.3) is 10.0 Å². The zero-order valence-electron chi connectivity index (χ0n) is 18.9. The molecule has 0 aliphatic heterocycles. The molecule has 7 nitrogen and oxygen atoms in total. The van der Waals surface area contributed by atoms with Gasteiger partial charge in [0, 0.05) is 22.3 Å². The summed E-state index contributed by atoms with van der Waals surface area (Å²) < 4.78 is 27.6. The number of guanidine groups is 1. The van der Waals surface area contributed by atoms with Gasteiger partial charge in [-0.2, -0.15) is 0 Å². The fraction of sp³-hybridized carbons (Fsp3) is 0.0769. The summed E-state index contributed by atoms with van der Waals surface area (Å²) in [5.41, 5.74) is 7.92. The number of aryl methyl sites for hydroxylation is 1. The van der Waals surface area contributed by atoms with E-state index in [4.69, 9.17) is 22.4 Å². The average Bonchev–Trinajstić information content (AvgIpc) is 2.88. The Kier molecular flexibility index (Phi) is 7.45. The van der Waals surface area contributed by atoms with Crippen LogP contribution in [-0.4, -0.2) is 19.4 Å². The van der Waals surface area contributed by atoms with Gasteiger partial charge < -0.3 is 0 Å². The van der Waals surface area contributed by atoms with Gasteiger partial charge in [-0.3, -0.25) is 10.4 Å². The second-order valence-corrected chi connectivity index (χ2v) is 9.96. The third-order valence-electron chi connectivity index (χ3n) is 5.27. The number of rotatable bonds is 6. The van der Waals surface area contributed by atoms with Crippen LogP contribution in [-0.2, 0) is 16.6 Å². The molecule has 0 bridgehead atoms. The molecule has 0 spiro atoms. The number of nitrogens with two attached hydrogens (primary N) is 1. The number of hydrogen-bond acceptors (Lipinski definition) is 5. The number of halogens is 1. The van der Waals surface area contributed by atoms with Crippen molar-refractivity contribution in [2.24, 2.45) is 10.8 Å². The highest BCUT2D eigenvalue weighted by atomic mass is 35.5. The van der Waals surface area contributed by atoms with E-state index >= 15 is 0 Å². The van der Waals surface area contributed by atoms with Crippen molar-refractivity contribution in [1.29, 1.82) is 0 Å². The number of aliphatic imine (C=N–C) groups is 1. The van der Waals surface area contributed by atoms with Crippen LogP contribution >= 0.6 is 11.6 Å². The molecule has 0 atom stereocenters. The normalized spacial score (nSPS) is 11.8. The highest BCUT2D eigenvalue weighted by Crippen LogP contribution is 2.32. The van der Waals surface area contributed by atoms with Gasteiger partial charge in [0.2, 0.25) is 5.96 Å². The first-order valence-corrected chi connectivity index (χ1v) is 12.6. The lowest BCUT2D eigenvalue weighted by atomic mass is 9.97. The Labute approximate surface area is 209 Å². The van der Waals surface area contributed by atoms with Crippen LogP contribution in [0.1, 0.15) is 11.1 Å². The number of nitrogens with zero attached hydrogens (tertiary/aromatic N) is 2. The molecular weight excluding hydrogens is 482 g/mol. The molecule has 35 heavy (non-hydrogen) atoms. The van der Waals surface area contributed by atoms with Gasteiger partial charge in [-0.15, -0.1) is 0 Å². The van der Waals surface area contributed by atoms with E-state index in [1.165, 1.54) is 12.1 Å². The SMILES string of the molecule is Cc1ccc(-c2cc(CN=C(NN)NS(=O)(=O)c3ccccc3)cnc2-c2ccc(Cl)cc2)cc1. The molecule has 0 aliphatic rings. The van der Waals surface area contributed by atoms with Crippen molar-refractivity contribution in [3.63, 3.8) is 0 Å². The zero-order valence-corrected chi connectivity index (χ0v) is 20.5. The Balaban J connectivity index is 1.65. The molecule has 0 radical (unpaired) electrons. The number of nitrogens with one attached hydrogen (secondary N) is 2. The van der Waals surface area contributed by atoms with Crippen LogP contribution in [0.5, 0.6) is 0 Å². The highest BCUT2D eigenvalue weighted by Gasteiger charge is 2.16. The summed E-state index contributed by atoms with van der Waals surface area (Å²) >= 11 is 6.07. The summed E-state index contributed by atoms with van der Waals surface area (Å²) in [6, 6.07) is 25.7. The largest absolute Gasteiger partial charge is 0.294 e. The van der Waals surface area contributed by atoms with Crippen molar-refractivity contribution in [3.8, 4) is 22.4 Å². The predicted octanol–water partition coefficient (Wildman–Crippen LogP) is 4.68. The van der Waals surface area contributed by atoms with Crippen LogP contribution < -0.4 is 16.0 Å². The summed E-state index contributed by atoms with van der Waals surface area (Å²) in [4.78, 5) is 9.13. The molecule has 4 rings (SSSR count). The molecule has 0 unspecified atom stereocenters. The van der Waals surface area contributed by atoms with E-state index in [9.17, 15) is 8.42 Å². The molecule has 0 fully saturated rings. The minimum Gasteiger partial charge on any atom is -0.294 e. The first-order valence-electron chi connectivity index (χ1n) is 10.8. The average molecular weight is 506 g/mol. The Hall–Kier alpha value is -3.72. The van der Waals surface area contributed by atoms with E-state index in [0.29, 0.717) is 5.02 Å². The summed E-state index contributed by atoms with van der Waals surface area (Å²) in [7, 11) is -3.83. The molecule has 4 aromatic rings. The second-order valence-electron chi connectivity index (χ2n) is 7.84. The van der Waals surface area contributed by atoms with Crippen LogP contribution in [0.3, 0.4) is 0 Å². The Morgan fingerprint density at radius 3 is 2.29 bits per heavy atom. The van der Waals surface area contributed by atoms with Crippen molar-refractivity contribution in [2.75, 3.05) is 0 Å². The van der Waals surface area contributed by atoms with E-state index in [2.05, 4.69) is 15.1 Å². The van der Waals surface area contributed by atoms with Crippen LogP contribution in [0.4, 0.5) is 0 Å². The molecule has 178 valence electrons. The second kappa shape index (κ2) is 10.7. The number of pyridine rings is 1. The minimum absolute atomic E-state index is 0.0764. The van der Waals surface area contributed by atoms with Gasteiger partial charge in [0.15, 0.2) is 0 Å². The van der Waals surface area contributed by atoms with E-state index in [1.807, 2.05) is 61.5 Å². The van der Waals surface area contributed by atoms with Crippen LogP contribution in [0, 0.1) is 6.92 Å². The van der Waals surface area contributed by atoms with Crippen molar-refractivity contribution < 1.29 is 8.42 Å². The third-order valence-corrected chi connectivity index (χ3v) is 6.87. The Morgan fingerprint density at radius 1 is 0.971 bits per heavy atom. The van der Waals surface area contributed by atoms with Crippen molar-refractivity contribution in [1.82, 2.24) is 15.1 Å². The molecule has 0 aliphatic carbocycles. The van der Waals surface area contributed by atoms with E-state index in [-0.39, 0.29) is 17.4 Å². The maximum Gasteiger partial charge on any atom is 0.264 e. The fourth-order valence-corrected chi connectivity index (χ4v) is 4.59. The zero-order chi connectivity index (χ0) is 24.8. The molecule has 3 aromatic carbocycles. The smallest absolute Gasteiger partial charge is 0.264 e. The molecule has 0 saturated heterocycles. The first kappa shape index (κ1) is 24.4. The van der Waals surface area contributed by atoms with Gasteiger partial charge in [0.05, 0.1) is 17.1 Å². The summed E-state index contributed by atoms with van der Waals surface area (Å²) in [5.74, 6) is 5.46. The highest BCUT2D eigenvalue weighted by molar-refractivity contribution is 7.90. The molecule has 4 N–H and O–H groups in total. The summed E-state index contributed by atoms with van der Waals surface area (Å²) in [6.07, 6.45) is 1.71. The monoisotopic (exact) mass is 505 g/mol. The lowest BCUT2D eigenvalue weighted by Crippen LogP contribution is -2.44. The molecule has 0 amide bonds. The van der Waals surface area contributed by atoms with Crippen molar-refractivity contribution in [3.05, 3.63) is 107 Å². The number of sulfonamides is 1. The Morgan fingerprint density at radius 2 is 1.63 bits per heavy atom. The van der Waals surface area contributed by atoms with Gasteiger partial charge in [0.1, 0.15) is 0 Å². The molecule has 9 heteroatoms. The van der Waals surface area contributed by atoms with Crippen LogP contribution in [0.15, 0.2) is 101 Å². The minimum atomic E-state index is -3.83. The van der Waals surface area contributed by atoms with Gasteiger partial charge in [-0.1, -0.05) is 71.8 Å². The number of hydrazine groups is 1. The molecular formula is C26H24ClN5O2S. The predicted molar refractivity (Wildman–Crippen MR) is 140 cm³/mol. The maximum absolute atomic E-state index is 12.6. The standard InChI is InChI=1S/C26H24ClN5O2S/c1-18-7-9-20(10-8-18)24-15-19(16-29-25(24)21-11-13-22(27)14-12-21)17-30-26(31-28)32-35(33,34)23-5-3-2-4-6-23/h2-16H,17,28H2,1H3,(H2,30,31,32).